The zero-order valence-corrected chi connectivity index (χ0v) is 18.8. The Bertz CT molecular complexity index is 1140. The van der Waals surface area contributed by atoms with Gasteiger partial charge in [-0.15, -0.1) is 5.10 Å². The fourth-order valence-electron chi connectivity index (χ4n) is 3.59. The minimum absolute atomic E-state index is 0.0668. The molecule has 31 heavy (non-hydrogen) atoms. The van der Waals surface area contributed by atoms with E-state index in [0.717, 1.165) is 34.8 Å². The number of aromatic amines is 1. The first-order valence-electron chi connectivity index (χ1n) is 10.7. The molecule has 0 saturated carbocycles. The summed E-state index contributed by atoms with van der Waals surface area (Å²) in [4.78, 5) is 4.88. The van der Waals surface area contributed by atoms with E-state index in [0.29, 0.717) is 18.3 Å². The van der Waals surface area contributed by atoms with Gasteiger partial charge in [-0.1, -0.05) is 83.1 Å². The quantitative estimate of drug-likeness (QED) is 0.480. The van der Waals surface area contributed by atoms with Crippen LogP contribution in [0.25, 0.3) is 22.5 Å². The van der Waals surface area contributed by atoms with E-state index in [-0.39, 0.29) is 5.41 Å². The highest BCUT2D eigenvalue weighted by atomic mass is 15.5. The Labute approximate surface area is 182 Å². The molecule has 1 N–H and O–H groups in total. The van der Waals surface area contributed by atoms with Crippen molar-refractivity contribution in [1.29, 1.82) is 0 Å². The maximum atomic E-state index is 4.88. The Kier molecular flexibility index (Phi) is 5.67. The van der Waals surface area contributed by atoms with Gasteiger partial charge < -0.3 is 0 Å². The van der Waals surface area contributed by atoms with Crippen LogP contribution in [-0.4, -0.2) is 35.4 Å². The molecular weight excluding hydrogens is 386 g/mol. The zero-order valence-electron chi connectivity index (χ0n) is 18.8. The lowest BCUT2D eigenvalue weighted by atomic mass is 9.95. The lowest BCUT2D eigenvalue weighted by Crippen LogP contribution is -2.20. The van der Waals surface area contributed by atoms with Crippen LogP contribution in [0, 0.1) is 0 Å². The first-order valence-corrected chi connectivity index (χ1v) is 10.7. The minimum atomic E-state index is -0.0668. The molecular formula is C24H29N7. The van der Waals surface area contributed by atoms with Gasteiger partial charge in [0.25, 0.3) is 0 Å². The van der Waals surface area contributed by atoms with E-state index in [9.17, 15) is 0 Å². The Hall–Kier alpha value is -3.35. The second-order valence-corrected chi connectivity index (χ2v) is 9.00. The maximum Gasteiger partial charge on any atom is 0.180 e. The molecule has 4 rings (SSSR count). The van der Waals surface area contributed by atoms with Crippen molar-refractivity contribution in [3.05, 3.63) is 65.7 Å². The van der Waals surface area contributed by atoms with Crippen molar-refractivity contribution in [2.75, 3.05) is 0 Å². The molecule has 0 amide bonds. The summed E-state index contributed by atoms with van der Waals surface area (Å²) in [5.74, 6) is 2.97. The Morgan fingerprint density at radius 1 is 1.00 bits per heavy atom. The zero-order chi connectivity index (χ0) is 22.0. The molecule has 1 atom stereocenters. The second kappa shape index (κ2) is 8.41. The average molecular weight is 416 g/mol. The van der Waals surface area contributed by atoms with E-state index in [1.54, 1.807) is 0 Å². The number of aromatic nitrogens is 7. The van der Waals surface area contributed by atoms with Gasteiger partial charge in [0.1, 0.15) is 5.82 Å². The highest BCUT2D eigenvalue weighted by molar-refractivity contribution is 5.80. The number of benzene rings is 2. The third kappa shape index (κ3) is 4.40. The molecule has 0 aliphatic heterocycles. The number of rotatable bonds is 6. The molecule has 0 saturated heterocycles. The van der Waals surface area contributed by atoms with E-state index < -0.39 is 0 Å². The Morgan fingerprint density at radius 3 is 2.32 bits per heavy atom. The third-order valence-electron chi connectivity index (χ3n) is 5.54. The van der Waals surface area contributed by atoms with Gasteiger partial charge >= 0.3 is 0 Å². The molecule has 2 aromatic carbocycles. The molecule has 0 radical (unpaired) electrons. The molecule has 2 heterocycles. The highest BCUT2D eigenvalue weighted by Gasteiger charge is 2.24. The van der Waals surface area contributed by atoms with Gasteiger partial charge in [0.05, 0.1) is 6.54 Å². The lowest BCUT2D eigenvalue weighted by molar-refractivity contribution is 0.490. The van der Waals surface area contributed by atoms with Gasteiger partial charge in [-0.05, 0) is 33.5 Å². The van der Waals surface area contributed by atoms with E-state index >= 15 is 0 Å². The predicted octanol–water partition coefficient (Wildman–Crippen LogP) is 4.98. The Morgan fingerprint density at radius 2 is 1.71 bits per heavy atom. The fourth-order valence-corrected chi connectivity index (χ4v) is 3.59. The summed E-state index contributed by atoms with van der Waals surface area (Å²) in [5.41, 5.74) is 4.30. The largest absolute Gasteiger partial charge is 0.245 e. The number of hydrogen-bond donors (Lipinski definition) is 1. The van der Waals surface area contributed by atoms with E-state index in [1.807, 2.05) is 18.2 Å². The Balaban J connectivity index is 1.63. The van der Waals surface area contributed by atoms with Crippen LogP contribution in [-0.2, 0) is 12.0 Å². The van der Waals surface area contributed by atoms with E-state index in [1.165, 1.54) is 5.56 Å². The van der Waals surface area contributed by atoms with Crippen LogP contribution in [0.15, 0.2) is 48.5 Å². The van der Waals surface area contributed by atoms with Crippen LogP contribution in [0.4, 0.5) is 0 Å². The van der Waals surface area contributed by atoms with Gasteiger partial charge in [0.2, 0.25) is 0 Å². The molecule has 7 nitrogen and oxygen atoms in total. The minimum Gasteiger partial charge on any atom is -0.245 e. The van der Waals surface area contributed by atoms with Crippen molar-refractivity contribution in [2.24, 2.45) is 0 Å². The first kappa shape index (κ1) is 20.9. The summed E-state index contributed by atoms with van der Waals surface area (Å²) in [6.07, 6.45) is 1.03. The van der Waals surface area contributed by atoms with Crippen molar-refractivity contribution in [2.45, 2.75) is 58.9 Å². The molecule has 1 unspecified atom stereocenters. The SMILES string of the molecule is CCC(C)c1nc(C(C)(C)C)n(Cc2ccc(-c3ccccc3-c3nnn[nH]3)cc2)n1. The monoisotopic (exact) mass is 415 g/mol. The molecule has 0 spiro atoms. The van der Waals surface area contributed by atoms with Crippen LogP contribution < -0.4 is 0 Å². The summed E-state index contributed by atoms with van der Waals surface area (Å²) >= 11 is 0. The molecule has 160 valence electrons. The number of H-pyrrole nitrogens is 1. The van der Waals surface area contributed by atoms with E-state index in [2.05, 4.69) is 90.3 Å². The van der Waals surface area contributed by atoms with Crippen LogP contribution in [0.5, 0.6) is 0 Å². The summed E-state index contributed by atoms with van der Waals surface area (Å²) in [6, 6.07) is 16.7. The van der Waals surface area contributed by atoms with Crippen LogP contribution >= 0.6 is 0 Å². The lowest BCUT2D eigenvalue weighted by Gasteiger charge is -2.18. The molecule has 7 heteroatoms. The topological polar surface area (TPSA) is 85.2 Å². The van der Waals surface area contributed by atoms with Crippen molar-refractivity contribution in [1.82, 2.24) is 35.4 Å². The molecule has 0 aliphatic rings. The number of nitrogens with zero attached hydrogens (tertiary/aromatic N) is 6. The van der Waals surface area contributed by atoms with Gasteiger partial charge in [-0.3, -0.25) is 0 Å². The van der Waals surface area contributed by atoms with Gasteiger partial charge in [-0.25, -0.2) is 14.8 Å². The third-order valence-corrected chi connectivity index (χ3v) is 5.54. The van der Waals surface area contributed by atoms with E-state index in [4.69, 9.17) is 10.1 Å². The number of tetrazole rings is 1. The van der Waals surface area contributed by atoms with Gasteiger partial charge in [0, 0.05) is 16.9 Å². The average Bonchev–Trinajstić information content (AvgIpc) is 3.44. The number of hydrogen-bond acceptors (Lipinski definition) is 5. The summed E-state index contributed by atoms with van der Waals surface area (Å²) in [7, 11) is 0. The van der Waals surface area contributed by atoms with Gasteiger partial charge in [0.15, 0.2) is 11.6 Å². The normalized spacial score (nSPS) is 12.8. The molecule has 4 aromatic rings. The standard InChI is InChI=1S/C24H29N7/c1-6-16(2)21-25-23(24(3,4)5)31(28-21)15-17-11-13-18(14-12-17)19-9-7-8-10-20(19)22-26-29-30-27-22/h7-14,16H,6,15H2,1-5H3,(H,26,27,29,30). The summed E-state index contributed by atoms with van der Waals surface area (Å²) in [6.45, 7) is 11.6. The smallest absolute Gasteiger partial charge is 0.180 e. The summed E-state index contributed by atoms with van der Waals surface area (Å²) < 4.78 is 2.06. The van der Waals surface area contributed by atoms with Crippen molar-refractivity contribution in [3.63, 3.8) is 0 Å². The fraction of sp³-hybridized carbons (Fsp3) is 0.375. The van der Waals surface area contributed by atoms with Crippen LogP contribution in [0.3, 0.4) is 0 Å². The summed E-state index contributed by atoms with van der Waals surface area (Å²) in [5, 5.41) is 19.2. The number of nitrogens with one attached hydrogen (secondary N) is 1. The molecule has 0 fully saturated rings. The molecule has 2 aromatic heterocycles. The second-order valence-electron chi connectivity index (χ2n) is 9.00. The maximum absolute atomic E-state index is 4.88. The van der Waals surface area contributed by atoms with Crippen molar-refractivity contribution >= 4 is 0 Å². The molecule has 0 aliphatic carbocycles. The van der Waals surface area contributed by atoms with Crippen LogP contribution in [0.2, 0.25) is 0 Å². The molecule has 0 bridgehead atoms. The van der Waals surface area contributed by atoms with Gasteiger partial charge in [-0.2, -0.15) is 5.10 Å². The van der Waals surface area contributed by atoms with Crippen molar-refractivity contribution < 1.29 is 0 Å². The van der Waals surface area contributed by atoms with Crippen molar-refractivity contribution in [3.8, 4) is 22.5 Å². The highest BCUT2D eigenvalue weighted by Crippen LogP contribution is 2.30. The van der Waals surface area contributed by atoms with Crippen LogP contribution in [0.1, 0.15) is 64.2 Å². The predicted molar refractivity (Wildman–Crippen MR) is 122 cm³/mol. The first-order chi connectivity index (χ1) is 14.9.